The minimum absolute atomic E-state index is 0.889. The first-order chi connectivity index (χ1) is 50.6. The number of hydrogen-bond donors (Lipinski definition) is 0. The SMILES string of the molecule is c1ccc2c(c1)cc1c3c4oc5ccccc5c4ccc3n3c4nc5ccccc5nc4c2c13.c1ccc2c(c1)cc1c3nc4ccccc4nc3n3c4c(ccc5oc6ccccc6c54)c2c13.c1ccc2c(c1)cc1c3nc4ccccc4nc3n3c4cc5c(cc4c2c13)oc1ccccc15. The number of rotatable bonds is 0. The standard InChI is InChI=1S/3C30H15N3O/c1-2-8-17-16(7-1)13-21-28-30(32-23-11-5-4-10-22(23)31-28)33-24-14-19-18-9-3-6-12-25(18)34-26(19)15-20(24)27(17)29(21)33;1-2-8-17-16(7-1)15-20-27-30(32-22-11-5-4-10-21(22)31-27)33-28-19(25(17)29(20)33)13-14-24-26(28)18-9-3-6-12-23(18)34-24;1-2-8-17-16(7-1)15-20-25-23(14-13-19-18-9-3-6-12-24(18)34-29(19)25)33-28(20)26(17)27-30(33)32-22-11-5-4-10-21(22)31-27/h3*1-15H. The van der Waals surface area contributed by atoms with Crippen LogP contribution in [0.5, 0.6) is 0 Å². The van der Waals surface area contributed by atoms with Crippen molar-refractivity contribution >= 4 is 246 Å². The average molecular weight is 1300 g/mol. The molecule has 0 unspecified atom stereocenters. The smallest absolute Gasteiger partial charge is 0.165 e. The molecule has 0 aliphatic carbocycles. The topological polar surface area (TPSA) is 130 Å². The highest BCUT2D eigenvalue weighted by Gasteiger charge is 2.29. The summed E-state index contributed by atoms with van der Waals surface area (Å²) < 4.78 is 25.9. The molecule has 0 saturated heterocycles. The molecule has 12 nitrogen and oxygen atoms in total. The lowest BCUT2D eigenvalue weighted by molar-refractivity contribution is 0.669. The van der Waals surface area contributed by atoms with Gasteiger partial charge >= 0.3 is 0 Å². The van der Waals surface area contributed by atoms with Gasteiger partial charge in [-0.05, 0) is 142 Å². The zero-order valence-electron chi connectivity index (χ0n) is 53.7. The summed E-state index contributed by atoms with van der Waals surface area (Å²) >= 11 is 0. The lowest BCUT2D eigenvalue weighted by Gasteiger charge is -2.03. The van der Waals surface area contributed by atoms with Crippen LogP contribution in [0.3, 0.4) is 0 Å². The van der Waals surface area contributed by atoms with Crippen LogP contribution in [0.15, 0.2) is 286 Å². The molecule has 15 aromatic carbocycles. The van der Waals surface area contributed by atoms with Gasteiger partial charge in [0.05, 0.1) is 77.0 Å². The van der Waals surface area contributed by atoms with Crippen molar-refractivity contribution in [3.8, 4) is 0 Å². The number of aromatic nitrogens is 9. The van der Waals surface area contributed by atoms with Gasteiger partial charge in [-0.15, -0.1) is 0 Å². The lowest BCUT2D eigenvalue weighted by Crippen LogP contribution is -1.89. The molecular formula is C90H45N9O3. The molecule has 12 heterocycles. The van der Waals surface area contributed by atoms with Crippen LogP contribution in [0.4, 0.5) is 0 Å². The Bertz CT molecular complexity index is 8420. The van der Waals surface area contributed by atoms with Gasteiger partial charge in [0.15, 0.2) is 16.9 Å². The van der Waals surface area contributed by atoms with Crippen molar-refractivity contribution in [2.24, 2.45) is 0 Å². The molecule has 12 heteroatoms. The van der Waals surface area contributed by atoms with Gasteiger partial charge in [-0.1, -0.05) is 164 Å². The Morgan fingerprint density at radius 2 is 0.618 bits per heavy atom. The summed E-state index contributed by atoms with van der Waals surface area (Å²) in [6.07, 6.45) is 0. The molecule has 0 aliphatic rings. The Hall–Kier alpha value is -14.1. The molecule has 0 N–H and O–H groups in total. The minimum atomic E-state index is 0.889. The zero-order valence-corrected chi connectivity index (χ0v) is 53.7. The number of hydrogen-bond acceptors (Lipinski definition) is 9. The molecule has 0 bridgehead atoms. The summed E-state index contributed by atoms with van der Waals surface area (Å²) in [5.74, 6) is 0. The third-order valence-electron chi connectivity index (χ3n) is 21.8. The first-order valence-electron chi connectivity index (χ1n) is 34.3. The van der Waals surface area contributed by atoms with E-state index >= 15 is 0 Å². The molecule has 0 aliphatic heterocycles. The molecule has 0 spiro atoms. The third-order valence-corrected chi connectivity index (χ3v) is 21.8. The highest BCUT2D eigenvalue weighted by atomic mass is 16.3. The maximum atomic E-state index is 6.47. The summed E-state index contributed by atoms with van der Waals surface area (Å²) in [4.78, 5) is 30.7. The van der Waals surface area contributed by atoms with E-state index in [-0.39, 0.29) is 0 Å². The molecule has 468 valence electrons. The average Bonchev–Trinajstić information content (AvgIpc) is 1.53. The number of para-hydroxylation sites is 9. The van der Waals surface area contributed by atoms with E-state index < -0.39 is 0 Å². The van der Waals surface area contributed by atoms with Crippen LogP contribution in [0.1, 0.15) is 0 Å². The highest BCUT2D eigenvalue weighted by molar-refractivity contribution is 6.37. The molecule has 0 atom stereocenters. The second-order valence-electron chi connectivity index (χ2n) is 27.1. The van der Waals surface area contributed by atoms with E-state index in [0.717, 1.165) is 176 Å². The molecule has 102 heavy (non-hydrogen) atoms. The summed E-state index contributed by atoms with van der Waals surface area (Å²) in [6.45, 7) is 0. The predicted molar refractivity (Wildman–Crippen MR) is 417 cm³/mol. The summed E-state index contributed by atoms with van der Waals surface area (Å²) in [5.41, 5.74) is 23.3. The molecule has 0 saturated carbocycles. The fourth-order valence-corrected chi connectivity index (χ4v) is 17.6. The van der Waals surface area contributed by atoms with Crippen molar-refractivity contribution < 1.29 is 13.3 Å². The second kappa shape index (κ2) is 19.0. The maximum absolute atomic E-state index is 6.47. The first kappa shape index (κ1) is 53.0. The van der Waals surface area contributed by atoms with Crippen LogP contribution in [-0.2, 0) is 0 Å². The van der Waals surface area contributed by atoms with Gasteiger partial charge in [0, 0.05) is 70.0 Å². The Labute approximate surface area is 572 Å². The molecule has 27 rings (SSSR count). The van der Waals surface area contributed by atoms with Crippen LogP contribution in [-0.4, -0.2) is 43.1 Å². The fourth-order valence-electron chi connectivity index (χ4n) is 17.6. The van der Waals surface area contributed by atoms with Crippen LogP contribution in [0.2, 0.25) is 0 Å². The van der Waals surface area contributed by atoms with E-state index in [1.165, 1.54) is 70.3 Å². The number of benzene rings is 15. The van der Waals surface area contributed by atoms with Crippen molar-refractivity contribution in [3.05, 3.63) is 273 Å². The van der Waals surface area contributed by atoms with Crippen molar-refractivity contribution in [2.75, 3.05) is 0 Å². The normalized spacial score (nSPS) is 12.7. The van der Waals surface area contributed by atoms with E-state index in [1.807, 2.05) is 109 Å². The number of nitrogens with zero attached hydrogens (tertiary/aromatic N) is 9. The summed E-state index contributed by atoms with van der Waals surface area (Å²) in [7, 11) is 0. The minimum Gasteiger partial charge on any atom is -0.456 e. The van der Waals surface area contributed by atoms with Gasteiger partial charge in [-0.2, -0.15) is 0 Å². The van der Waals surface area contributed by atoms with Crippen molar-refractivity contribution in [3.63, 3.8) is 0 Å². The molecule has 0 fully saturated rings. The van der Waals surface area contributed by atoms with Gasteiger partial charge in [-0.25, -0.2) is 29.9 Å². The van der Waals surface area contributed by atoms with Gasteiger partial charge in [-0.3, -0.25) is 13.2 Å². The van der Waals surface area contributed by atoms with Crippen molar-refractivity contribution in [1.82, 2.24) is 43.1 Å². The van der Waals surface area contributed by atoms with E-state index in [4.69, 9.17) is 43.2 Å². The Morgan fingerprint density at radius 1 is 0.206 bits per heavy atom. The van der Waals surface area contributed by atoms with Crippen LogP contribution in [0, 0.1) is 0 Å². The van der Waals surface area contributed by atoms with Crippen molar-refractivity contribution in [1.29, 1.82) is 0 Å². The number of furan rings is 3. The largest absolute Gasteiger partial charge is 0.456 e. The third kappa shape index (κ3) is 6.75. The van der Waals surface area contributed by atoms with E-state index in [0.29, 0.717) is 0 Å². The van der Waals surface area contributed by atoms with Crippen molar-refractivity contribution in [2.45, 2.75) is 0 Å². The maximum Gasteiger partial charge on any atom is 0.165 e. The van der Waals surface area contributed by atoms with Crippen LogP contribution in [0.25, 0.3) is 246 Å². The zero-order chi connectivity index (χ0) is 65.9. The predicted octanol–water partition coefficient (Wildman–Crippen LogP) is 23.5. The quantitative estimate of drug-likeness (QED) is 0.146. The van der Waals surface area contributed by atoms with Gasteiger partial charge in [0.1, 0.15) is 50.0 Å². The highest BCUT2D eigenvalue weighted by Crippen LogP contribution is 2.50. The Kier molecular flexibility index (Phi) is 9.85. The van der Waals surface area contributed by atoms with Gasteiger partial charge in [0.25, 0.3) is 0 Å². The fraction of sp³-hybridized carbons (Fsp3) is 0. The summed E-state index contributed by atoms with van der Waals surface area (Å²) in [5, 5.41) is 24.7. The summed E-state index contributed by atoms with van der Waals surface area (Å²) in [6, 6.07) is 94.9. The number of fused-ring (bicyclic) bond motifs is 38. The van der Waals surface area contributed by atoms with Gasteiger partial charge in [0.2, 0.25) is 0 Å². The van der Waals surface area contributed by atoms with E-state index in [1.54, 1.807) is 0 Å². The van der Waals surface area contributed by atoms with Gasteiger partial charge < -0.3 is 13.3 Å². The Balaban J connectivity index is 0.0000000898. The molecule has 27 aromatic rings. The first-order valence-corrected chi connectivity index (χ1v) is 34.3. The van der Waals surface area contributed by atoms with E-state index in [2.05, 4.69) is 177 Å². The van der Waals surface area contributed by atoms with E-state index in [9.17, 15) is 0 Å². The second-order valence-corrected chi connectivity index (χ2v) is 27.1. The lowest BCUT2D eigenvalue weighted by atomic mass is 10.0. The molecular weight excluding hydrogens is 1260 g/mol. The monoisotopic (exact) mass is 1300 g/mol. The Morgan fingerprint density at radius 3 is 1.24 bits per heavy atom. The molecule has 0 radical (unpaired) electrons. The molecule has 12 aromatic heterocycles. The van der Waals surface area contributed by atoms with Crippen LogP contribution < -0.4 is 0 Å². The van der Waals surface area contributed by atoms with Crippen LogP contribution >= 0.6 is 0 Å². The molecule has 0 amide bonds.